The number of imidazole rings is 1. The van der Waals surface area contributed by atoms with Gasteiger partial charge in [0.15, 0.2) is 0 Å². The van der Waals surface area contributed by atoms with Gasteiger partial charge in [0.25, 0.3) is 0 Å². The lowest BCUT2D eigenvalue weighted by molar-refractivity contribution is 0.179. The van der Waals surface area contributed by atoms with E-state index in [-0.39, 0.29) is 0 Å². The molecule has 1 aromatic carbocycles. The molecule has 0 saturated carbocycles. The van der Waals surface area contributed by atoms with Crippen molar-refractivity contribution in [3.63, 3.8) is 0 Å². The molecule has 0 atom stereocenters. The Balaban J connectivity index is 2.43. The van der Waals surface area contributed by atoms with Crippen molar-refractivity contribution >= 4 is 27.0 Å². The van der Waals surface area contributed by atoms with Gasteiger partial charge in [-0.1, -0.05) is 22.0 Å². The standard InChI is InChI=1S/C10H11BrN2O/c1-14-6-10-12-8-3-2-7(5-11)4-9(8)13-10/h2-4H,5-6H2,1H3,(H,12,13). The molecule has 0 aliphatic carbocycles. The average Bonchev–Trinajstić information content (AvgIpc) is 2.59. The summed E-state index contributed by atoms with van der Waals surface area (Å²) in [5.74, 6) is 0.870. The molecular weight excluding hydrogens is 244 g/mol. The minimum Gasteiger partial charge on any atom is -0.377 e. The van der Waals surface area contributed by atoms with Gasteiger partial charge in [-0.3, -0.25) is 0 Å². The zero-order valence-electron chi connectivity index (χ0n) is 7.88. The summed E-state index contributed by atoms with van der Waals surface area (Å²) >= 11 is 3.42. The molecule has 0 saturated heterocycles. The van der Waals surface area contributed by atoms with Crippen molar-refractivity contribution in [3.05, 3.63) is 29.6 Å². The van der Waals surface area contributed by atoms with Crippen LogP contribution >= 0.6 is 15.9 Å². The van der Waals surface area contributed by atoms with Gasteiger partial charge in [-0.05, 0) is 17.7 Å². The zero-order valence-corrected chi connectivity index (χ0v) is 9.47. The summed E-state index contributed by atoms with van der Waals surface area (Å²) in [6.07, 6.45) is 0. The minimum atomic E-state index is 0.526. The molecule has 4 heteroatoms. The van der Waals surface area contributed by atoms with Crippen LogP contribution in [0, 0.1) is 0 Å². The first-order chi connectivity index (χ1) is 6.83. The summed E-state index contributed by atoms with van der Waals surface area (Å²) in [5.41, 5.74) is 3.29. The number of nitrogens with zero attached hydrogens (tertiary/aromatic N) is 1. The van der Waals surface area contributed by atoms with E-state index in [0.29, 0.717) is 6.61 Å². The molecule has 1 N–H and O–H groups in total. The fourth-order valence-corrected chi connectivity index (χ4v) is 1.75. The Kier molecular flexibility index (Phi) is 2.84. The van der Waals surface area contributed by atoms with E-state index in [1.165, 1.54) is 5.56 Å². The van der Waals surface area contributed by atoms with Crippen molar-refractivity contribution in [2.75, 3.05) is 7.11 Å². The van der Waals surface area contributed by atoms with Crippen LogP contribution in [0.1, 0.15) is 11.4 Å². The predicted octanol–water partition coefficient (Wildman–Crippen LogP) is 2.60. The Morgan fingerprint density at radius 2 is 2.36 bits per heavy atom. The highest BCUT2D eigenvalue weighted by Gasteiger charge is 2.02. The van der Waals surface area contributed by atoms with Gasteiger partial charge in [-0.25, -0.2) is 4.98 Å². The van der Waals surface area contributed by atoms with Gasteiger partial charge in [-0.15, -0.1) is 0 Å². The van der Waals surface area contributed by atoms with Crippen molar-refractivity contribution < 1.29 is 4.74 Å². The lowest BCUT2D eigenvalue weighted by atomic mass is 10.2. The number of nitrogens with one attached hydrogen (secondary N) is 1. The molecule has 0 aliphatic rings. The van der Waals surface area contributed by atoms with E-state index in [9.17, 15) is 0 Å². The van der Waals surface area contributed by atoms with Crippen LogP contribution in [-0.4, -0.2) is 17.1 Å². The number of H-pyrrole nitrogens is 1. The predicted molar refractivity (Wildman–Crippen MR) is 59.4 cm³/mol. The van der Waals surface area contributed by atoms with Crippen LogP contribution in [0.2, 0.25) is 0 Å². The second kappa shape index (κ2) is 4.11. The topological polar surface area (TPSA) is 37.9 Å². The van der Waals surface area contributed by atoms with Crippen LogP contribution in [0.3, 0.4) is 0 Å². The first-order valence-electron chi connectivity index (χ1n) is 4.36. The minimum absolute atomic E-state index is 0.526. The van der Waals surface area contributed by atoms with Gasteiger partial charge in [0.2, 0.25) is 0 Å². The van der Waals surface area contributed by atoms with Crippen molar-refractivity contribution in [2.45, 2.75) is 11.9 Å². The number of hydrogen-bond acceptors (Lipinski definition) is 2. The molecule has 0 radical (unpaired) electrons. The van der Waals surface area contributed by atoms with E-state index >= 15 is 0 Å². The number of rotatable bonds is 3. The molecule has 74 valence electrons. The van der Waals surface area contributed by atoms with Crippen LogP contribution in [0.25, 0.3) is 11.0 Å². The molecule has 0 amide bonds. The van der Waals surface area contributed by atoms with Crippen LogP contribution in [0.15, 0.2) is 18.2 Å². The highest BCUT2D eigenvalue weighted by atomic mass is 79.9. The third kappa shape index (κ3) is 1.81. The SMILES string of the molecule is COCc1nc2ccc(CBr)cc2[nH]1. The molecule has 0 fully saturated rings. The van der Waals surface area contributed by atoms with Gasteiger partial charge < -0.3 is 9.72 Å². The number of alkyl halides is 1. The molecule has 1 heterocycles. The smallest absolute Gasteiger partial charge is 0.133 e. The molecule has 0 spiro atoms. The van der Waals surface area contributed by atoms with Crippen LogP contribution < -0.4 is 0 Å². The first kappa shape index (κ1) is 9.68. The molecule has 2 aromatic rings. The average molecular weight is 255 g/mol. The molecule has 0 bridgehead atoms. The number of ether oxygens (including phenoxy) is 1. The van der Waals surface area contributed by atoms with Crippen molar-refractivity contribution in [2.24, 2.45) is 0 Å². The Hall–Kier alpha value is -0.870. The highest BCUT2D eigenvalue weighted by molar-refractivity contribution is 9.08. The lowest BCUT2D eigenvalue weighted by Crippen LogP contribution is -1.88. The summed E-state index contributed by atoms with van der Waals surface area (Å²) in [5, 5.41) is 0.863. The van der Waals surface area contributed by atoms with Crippen molar-refractivity contribution in [1.29, 1.82) is 0 Å². The molecule has 3 nitrogen and oxygen atoms in total. The van der Waals surface area contributed by atoms with E-state index in [0.717, 1.165) is 22.2 Å². The van der Waals surface area contributed by atoms with Crippen LogP contribution in [0.5, 0.6) is 0 Å². The maximum atomic E-state index is 5.01. The zero-order chi connectivity index (χ0) is 9.97. The molecule has 2 rings (SSSR count). The first-order valence-corrected chi connectivity index (χ1v) is 5.48. The van der Waals surface area contributed by atoms with Crippen molar-refractivity contribution in [3.8, 4) is 0 Å². The Morgan fingerprint density at radius 1 is 1.50 bits per heavy atom. The van der Waals surface area contributed by atoms with E-state index < -0.39 is 0 Å². The summed E-state index contributed by atoms with van der Waals surface area (Å²) in [6.45, 7) is 0.526. The van der Waals surface area contributed by atoms with Crippen molar-refractivity contribution in [1.82, 2.24) is 9.97 Å². The Labute approximate surface area is 90.6 Å². The van der Waals surface area contributed by atoms with Gasteiger partial charge in [-0.2, -0.15) is 0 Å². The summed E-state index contributed by atoms with van der Waals surface area (Å²) in [6, 6.07) is 6.17. The summed E-state index contributed by atoms with van der Waals surface area (Å²) in [4.78, 5) is 7.60. The number of fused-ring (bicyclic) bond motifs is 1. The van der Waals surface area contributed by atoms with E-state index in [2.05, 4.69) is 38.0 Å². The van der Waals surface area contributed by atoms with Gasteiger partial charge in [0.1, 0.15) is 12.4 Å². The third-order valence-electron chi connectivity index (χ3n) is 2.03. The number of halogens is 1. The van der Waals surface area contributed by atoms with Gasteiger partial charge >= 0.3 is 0 Å². The second-order valence-corrected chi connectivity index (χ2v) is 3.66. The fourth-order valence-electron chi connectivity index (χ4n) is 1.40. The monoisotopic (exact) mass is 254 g/mol. The number of hydrogen-bond donors (Lipinski definition) is 1. The van der Waals surface area contributed by atoms with Crippen LogP contribution in [0.4, 0.5) is 0 Å². The van der Waals surface area contributed by atoms with E-state index in [1.54, 1.807) is 7.11 Å². The number of benzene rings is 1. The third-order valence-corrected chi connectivity index (χ3v) is 2.68. The molecule has 0 unspecified atom stereocenters. The van der Waals surface area contributed by atoms with E-state index in [1.807, 2.05) is 6.07 Å². The normalized spacial score (nSPS) is 11.0. The van der Waals surface area contributed by atoms with E-state index in [4.69, 9.17) is 4.74 Å². The number of aromatic nitrogens is 2. The molecule has 1 aromatic heterocycles. The quantitative estimate of drug-likeness (QED) is 0.856. The molecule has 0 aliphatic heterocycles. The Bertz CT molecular complexity index is 439. The summed E-state index contributed by atoms with van der Waals surface area (Å²) < 4.78 is 5.01. The number of methoxy groups -OCH3 is 1. The maximum absolute atomic E-state index is 5.01. The highest BCUT2D eigenvalue weighted by Crippen LogP contribution is 2.15. The maximum Gasteiger partial charge on any atom is 0.133 e. The van der Waals surface area contributed by atoms with Gasteiger partial charge in [0, 0.05) is 12.4 Å². The molecule has 14 heavy (non-hydrogen) atoms. The van der Waals surface area contributed by atoms with Gasteiger partial charge in [0.05, 0.1) is 11.0 Å². The largest absolute Gasteiger partial charge is 0.377 e. The van der Waals surface area contributed by atoms with Crippen LogP contribution in [-0.2, 0) is 16.7 Å². The fraction of sp³-hybridized carbons (Fsp3) is 0.300. The summed E-state index contributed by atoms with van der Waals surface area (Å²) in [7, 11) is 1.66. The lowest BCUT2D eigenvalue weighted by Gasteiger charge is -1.93. The Morgan fingerprint density at radius 3 is 3.07 bits per heavy atom. The second-order valence-electron chi connectivity index (χ2n) is 3.10. The molecular formula is C10H11BrN2O. The number of aromatic amines is 1.